The van der Waals surface area contributed by atoms with E-state index in [0.717, 1.165) is 6.07 Å². The fourth-order valence-electron chi connectivity index (χ4n) is 1.46. The van der Waals surface area contributed by atoms with Crippen molar-refractivity contribution in [2.24, 2.45) is 0 Å². The van der Waals surface area contributed by atoms with Crippen molar-refractivity contribution in [2.75, 3.05) is 0 Å². The van der Waals surface area contributed by atoms with E-state index in [-0.39, 0.29) is 10.6 Å². The maximum Gasteiger partial charge on any atom is 0.144 e. The van der Waals surface area contributed by atoms with Gasteiger partial charge in [-0.25, -0.2) is 8.78 Å². The molecule has 4 heteroatoms. The summed E-state index contributed by atoms with van der Waals surface area (Å²) in [5.74, 6) is -1.48. The van der Waals surface area contributed by atoms with Crippen LogP contribution in [0.15, 0.2) is 12.1 Å². The van der Waals surface area contributed by atoms with Crippen LogP contribution in [0.25, 0.3) is 0 Å². The first-order valence-corrected chi connectivity index (χ1v) is 4.53. The van der Waals surface area contributed by atoms with Gasteiger partial charge >= 0.3 is 0 Å². The molecular formula is C10H6ClF2N. The average molecular weight is 214 g/mol. The monoisotopic (exact) mass is 213 g/mol. The summed E-state index contributed by atoms with van der Waals surface area (Å²) in [6.45, 7) is 0. The molecule has 0 amide bonds. The molecule has 1 aliphatic rings. The molecule has 0 spiro atoms. The van der Waals surface area contributed by atoms with Gasteiger partial charge in [0.15, 0.2) is 0 Å². The number of hydrogen-bond donors (Lipinski definition) is 0. The van der Waals surface area contributed by atoms with Crippen LogP contribution in [0.5, 0.6) is 0 Å². The smallest absolute Gasteiger partial charge is 0.144 e. The second kappa shape index (κ2) is 2.93. The Morgan fingerprint density at radius 1 is 1.29 bits per heavy atom. The molecule has 0 aromatic heterocycles. The van der Waals surface area contributed by atoms with Crippen LogP contribution in [0.4, 0.5) is 8.78 Å². The fourth-order valence-corrected chi connectivity index (χ4v) is 1.62. The van der Waals surface area contributed by atoms with Crippen LogP contribution in [0, 0.1) is 23.0 Å². The molecule has 0 heterocycles. The highest BCUT2D eigenvalue weighted by Crippen LogP contribution is 2.49. The van der Waals surface area contributed by atoms with Crippen LogP contribution < -0.4 is 0 Å². The largest absolute Gasteiger partial charge is 0.207 e. The lowest BCUT2D eigenvalue weighted by Crippen LogP contribution is -2.06. The van der Waals surface area contributed by atoms with Crippen molar-refractivity contribution in [3.8, 4) is 6.07 Å². The van der Waals surface area contributed by atoms with E-state index in [1.807, 2.05) is 6.07 Å². The van der Waals surface area contributed by atoms with E-state index in [1.165, 1.54) is 6.07 Å². The summed E-state index contributed by atoms with van der Waals surface area (Å²) in [6.07, 6.45) is 1.23. The molecule has 0 radical (unpaired) electrons. The molecule has 0 atom stereocenters. The Bertz CT molecular complexity index is 432. The quantitative estimate of drug-likeness (QED) is 0.658. The summed E-state index contributed by atoms with van der Waals surface area (Å²) in [6, 6.07) is 3.98. The van der Waals surface area contributed by atoms with Crippen LogP contribution in [0.1, 0.15) is 18.4 Å². The lowest BCUT2D eigenvalue weighted by Gasteiger charge is -2.08. The number of nitriles is 1. The van der Waals surface area contributed by atoms with Crippen molar-refractivity contribution in [1.82, 2.24) is 0 Å². The Morgan fingerprint density at radius 3 is 2.43 bits per heavy atom. The zero-order chi connectivity index (χ0) is 10.3. The van der Waals surface area contributed by atoms with Crippen molar-refractivity contribution >= 4 is 11.6 Å². The third-order valence-electron chi connectivity index (χ3n) is 2.49. The van der Waals surface area contributed by atoms with Gasteiger partial charge in [0.05, 0.1) is 16.5 Å². The fraction of sp³-hybridized carbons (Fsp3) is 0.300. The molecule has 1 saturated carbocycles. The number of rotatable bonds is 1. The molecule has 1 aliphatic carbocycles. The molecule has 0 saturated heterocycles. The lowest BCUT2D eigenvalue weighted by atomic mass is 9.97. The Labute approximate surface area is 84.9 Å². The zero-order valence-corrected chi connectivity index (χ0v) is 7.91. The Balaban J connectivity index is 2.55. The zero-order valence-electron chi connectivity index (χ0n) is 7.15. The van der Waals surface area contributed by atoms with Gasteiger partial charge in [-0.2, -0.15) is 5.26 Å². The first kappa shape index (κ1) is 9.42. The molecule has 1 nitrogen and oxygen atoms in total. The maximum absolute atomic E-state index is 13.3. The van der Waals surface area contributed by atoms with Crippen LogP contribution in [0.2, 0.25) is 5.02 Å². The lowest BCUT2D eigenvalue weighted by molar-refractivity contribution is 0.566. The number of nitrogens with zero attached hydrogens (tertiary/aromatic N) is 1. The summed E-state index contributed by atoms with van der Waals surface area (Å²) < 4.78 is 26.1. The number of benzene rings is 1. The van der Waals surface area contributed by atoms with Crippen LogP contribution in [-0.4, -0.2) is 0 Å². The van der Waals surface area contributed by atoms with E-state index in [4.69, 9.17) is 16.9 Å². The molecule has 2 rings (SSSR count). The van der Waals surface area contributed by atoms with E-state index in [9.17, 15) is 8.78 Å². The van der Waals surface area contributed by atoms with Gasteiger partial charge in [-0.05, 0) is 18.9 Å². The summed E-state index contributed by atoms with van der Waals surface area (Å²) in [5, 5.41) is 8.70. The third kappa shape index (κ3) is 1.27. The standard InChI is InChI=1S/C10H6ClF2N/c11-7-3-6(8(12)4-9(7)13)10(5-14)1-2-10/h3-4H,1-2H2. The normalized spacial score (nSPS) is 17.6. The van der Waals surface area contributed by atoms with E-state index in [1.54, 1.807) is 0 Å². The van der Waals surface area contributed by atoms with Crippen LogP contribution in [-0.2, 0) is 5.41 Å². The Hall–Kier alpha value is -1.14. The van der Waals surface area contributed by atoms with Crippen LogP contribution >= 0.6 is 11.6 Å². The van der Waals surface area contributed by atoms with Crippen LogP contribution in [0.3, 0.4) is 0 Å². The van der Waals surface area contributed by atoms with Gasteiger partial charge in [-0.1, -0.05) is 11.6 Å². The minimum Gasteiger partial charge on any atom is -0.207 e. The van der Waals surface area contributed by atoms with Crippen molar-refractivity contribution in [3.63, 3.8) is 0 Å². The summed E-state index contributed by atoms with van der Waals surface area (Å²) in [7, 11) is 0. The second-order valence-electron chi connectivity index (χ2n) is 3.44. The van der Waals surface area contributed by atoms with Crippen molar-refractivity contribution in [1.29, 1.82) is 5.26 Å². The van der Waals surface area contributed by atoms with Gasteiger partial charge in [-0.15, -0.1) is 0 Å². The van der Waals surface area contributed by atoms with E-state index < -0.39 is 17.0 Å². The predicted octanol–water partition coefficient (Wildman–Crippen LogP) is 3.17. The number of hydrogen-bond acceptors (Lipinski definition) is 1. The summed E-state index contributed by atoms with van der Waals surface area (Å²) >= 11 is 5.53. The SMILES string of the molecule is N#CC1(c2cc(Cl)c(F)cc2F)CC1. The van der Waals surface area contributed by atoms with Gasteiger partial charge in [0.25, 0.3) is 0 Å². The second-order valence-corrected chi connectivity index (χ2v) is 3.85. The molecule has 0 N–H and O–H groups in total. The molecule has 1 aromatic rings. The molecule has 1 aromatic carbocycles. The maximum atomic E-state index is 13.3. The molecular weight excluding hydrogens is 208 g/mol. The van der Waals surface area contributed by atoms with Crippen molar-refractivity contribution < 1.29 is 8.78 Å². The van der Waals surface area contributed by atoms with E-state index in [0.29, 0.717) is 12.8 Å². The van der Waals surface area contributed by atoms with Crippen molar-refractivity contribution in [3.05, 3.63) is 34.4 Å². The Kier molecular flexibility index (Phi) is 1.97. The molecule has 14 heavy (non-hydrogen) atoms. The highest BCUT2D eigenvalue weighted by atomic mass is 35.5. The van der Waals surface area contributed by atoms with Gasteiger partial charge in [0.1, 0.15) is 11.6 Å². The van der Waals surface area contributed by atoms with Crippen molar-refractivity contribution in [2.45, 2.75) is 18.3 Å². The molecule has 0 unspecified atom stereocenters. The number of halogens is 3. The first-order valence-electron chi connectivity index (χ1n) is 4.15. The molecule has 0 aliphatic heterocycles. The first-order chi connectivity index (χ1) is 6.59. The van der Waals surface area contributed by atoms with Gasteiger partial charge in [0, 0.05) is 11.6 Å². The van der Waals surface area contributed by atoms with Gasteiger partial charge in [0.2, 0.25) is 0 Å². The average Bonchev–Trinajstić information content (AvgIpc) is 2.92. The van der Waals surface area contributed by atoms with E-state index >= 15 is 0 Å². The van der Waals surface area contributed by atoms with Gasteiger partial charge < -0.3 is 0 Å². The highest BCUT2D eigenvalue weighted by Gasteiger charge is 2.47. The molecule has 0 bridgehead atoms. The summed E-state index contributed by atoms with van der Waals surface area (Å²) in [5.41, 5.74) is -0.548. The topological polar surface area (TPSA) is 23.8 Å². The summed E-state index contributed by atoms with van der Waals surface area (Å²) in [4.78, 5) is 0. The third-order valence-corrected chi connectivity index (χ3v) is 2.78. The van der Waals surface area contributed by atoms with Gasteiger partial charge in [-0.3, -0.25) is 0 Å². The molecule has 1 fully saturated rings. The Morgan fingerprint density at radius 2 is 1.93 bits per heavy atom. The predicted molar refractivity (Wildman–Crippen MR) is 47.9 cm³/mol. The molecule has 72 valence electrons. The van der Waals surface area contributed by atoms with E-state index in [2.05, 4.69) is 0 Å². The highest BCUT2D eigenvalue weighted by molar-refractivity contribution is 6.30. The minimum atomic E-state index is -0.790. The minimum absolute atomic E-state index is 0.136.